The van der Waals surface area contributed by atoms with Crippen LogP contribution in [0.4, 0.5) is 5.82 Å². The summed E-state index contributed by atoms with van der Waals surface area (Å²) in [7, 11) is 3.28. The zero-order valence-electron chi connectivity index (χ0n) is 16.1. The molecule has 0 unspecified atom stereocenters. The molecule has 0 saturated carbocycles. The summed E-state index contributed by atoms with van der Waals surface area (Å²) in [6, 6.07) is 9.34. The van der Waals surface area contributed by atoms with Crippen LogP contribution in [0.25, 0.3) is 22.5 Å². The number of aromatic nitrogens is 5. The minimum absolute atomic E-state index is 0.190. The number of hydrogen-bond acceptors (Lipinski definition) is 7. The summed E-state index contributed by atoms with van der Waals surface area (Å²) in [6.07, 6.45) is 5.04. The van der Waals surface area contributed by atoms with Crippen molar-refractivity contribution in [1.29, 1.82) is 0 Å². The Bertz CT molecular complexity index is 1170. The molecule has 3 heterocycles. The van der Waals surface area contributed by atoms with Crippen LogP contribution in [0.2, 0.25) is 0 Å². The Hall–Kier alpha value is -4.01. The molecular weight excluding hydrogens is 372 g/mol. The van der Waals surface area contributed by atoms with Gasteiger partial charge in [-0.1, -0.05) is 35.5 Å². The monoisotopic (exact) mass is 390 g/mol. The van der Waals surface area contributed by atoms with E-state index in [-0.39, 0.29) is 11.7 Å². The second kappa shape index (κ2) is 7.55. The fraction of sp³-hybridized carbons (Fsp3) is 0.150. The quantitative estimate of drug-likeness (QED) is 0.558. The lowest BCUT2D eigenvalue weighted by Crippen LogP contribution is -2.15. The molecule has 0 bridgehead atoms. The SMILES string of the molecule is COc1nc(-c2cnn(C)c2)cnc1NC(=O)c1c(-c2ccccc2)noc1C. The molecule has 1 aromatic carbocycles. The van der Waals surface area contributed by atoms with Crippen molar-refractivity contribution in [2.24, 2.45) is 7.05 Å². The Morgan fingerprint density at radius 3 is 2.66 bits per heavy atom. The predicted octanol–water partition coefficient (Wildman–Crippen LogP) is 3.10. The van der Waals surface area contributed by atoms with E-state index in [0.717, 1.165) is 11.1 Å². The Kier molecular flexibility index (Phi) is 4.78. The third-order valence-corrected chi connectivity index (χ3v) is 4.30. The van der Waals surface area contributed by atoms with Crippen LogP contribution < -0.4 is 10.1 Å². The first-order valence-electron chi connectivity index (χ1n) is 8.80. The molecule has 9 nitrogen and oxygen atoms in total. The number of hydrogen-bond donors (Lipinski definition) is 1. The van der Waals surface area contributed by atoms with Gasteiger partial charge in [0.15, 0.2) is 5.82 Å². The Balaban J connectivity index is 1.65. The molecular formula is C20H18N6O3. The standard InChI is InChI=1S/C20H18N6O3/c1-12-16(17(25-29-12)13-7-5-4-6-8-13)19(27)24-18-20(28-3)23-15(10-21-18)14-9-22-26(2)11-14/h4-11H,1-3H3,(H,21,24,27). The van der Waals surface area contributed by atoms with Crippen LogP contribution in [0, 0.1) is 6.92 Å². The van der Waals surface area contributed by atoms with Gasteiger partial charge in [-0.2, -0.15) is 5.10 Å². The number of carbonyl (C=O) groups is 1. The van der Waals surface area contributed by atoms with Gasteiger partial charge in [0.05, 0.1) is 25.2 Å². The molecule has 9 heteroatoms. The van der Waals surface area contributed by atoms with Crippen molar-refractivity contribution in [3.63, 3.8) is 0 Å². The minimum Gasteiger partial charge on any atom is -0.478 e. The molecule has 0 fully saturated rings. The van der Waals surface area contributed by atoms with Crippen molar-refractivity contribution in [1.82, 2.24) is 24.9 Å². The van der Waals surface area contributed by atoms with Gasteiger partial charge in [-0.3, -0.25) is 9.48 Å². The fourth-order valence-corrected chi connectivity index (χ4v) is 2.90. The highest BCUT2D eigenvalue weighted by atomic mass is 16.5. The highest BCUT2D eigenvalue weighted by Crippen LogP contribution is 2.28. The van der Waals surface area contributed by atoms with Gasteiger partial charge in [0.25, 0.3) is 11.8 Å². The number of benzene rings is 1. The van der Waals surface area contributed by atoms with Crippen LogP contribution in [-0.2, 0) is 7.05 Å². The Labute approximate surface area is 166 Å². The normalized spacial score (nSPS) is 10.7. The van der Waals surface area contributed by atoms with Crippen molar-refractivity contribution >= 4 is 11.7 Å². The second-order valence-corrected chi connectivity index (χ2v) is 6.30. The molecule has 146 valence electrons. The van der Waals surface area contributed by atoms with Crippen molar-refractivity contribution < 1.29 is 14.1 Å². The van der Waals surface area contributed by atoms with Gasteiger partial charge in [0.1, 0.15) is 17.0 Å². The number of carbonyl (C=O) groups excluding carboxylic acids is 1. The highest BCUT2D eigenvalue weighted by molar-refractivity contribution is 6.08. The van der Waals surface area contributed by atoms with Gasteiger partial charge in [0, 0.05) is 24.4 Å². The summed E-state index contributed by atoms with van der Waals surface area (Å²) in [6.45, 7) is 1.68. The lowest BCUT2D eigenvalue weighted by atomic mass is 10.1. The molecule has 0 spiro atoms. The van der Waals surface area contributed by atoms with Crippen LogP contribution in [0.1, 0.15) is 16.1 Å². The van der Waals surface area contributed by atoms with E-state index >= 15 is 0 Å². The van der Waals surface area contributed by atoms with E-state index in [2.05, 4.69) is 25.5 Å². The van der Waals surface area contributed by atoms with E-state index in [9.17, 15) is 4.79 Å². The van der Waals surface area contributed by atoms with Gasteiger partial charge in [-0.05, 0) is 6.92 Å². The van der Waals surface area contributed by atoms with Gasteiger partial charge in [-0.25, -0.2) is 9.97 Å². The van der Waals surface area contributed by atoms with Crippen molar-refractivity contribution in [3.05, 3.63) is 60.2 Å². The highest BCUT2D eigenvalue weighted by Gasteiger charge is 2.23. The van der Waals surface area contributed by atoms with E-state index < -0.39 is 5.91 Å². The van der Waals surface area contributed by atoms with Gasteiger partial charge in [-0.15, -0.1) is 0 Å². The topological polar surface area (TPSA) is 108 Å². The molecule has 29 heavy (non-hydrogen) atoms. The molecule has 0 aliphatic heterocycles. The van der Waals surface area contributed by atoms with Crippen LogP contribution in [-0.4, -0.2) is 37.9 Å². The summed E-state index contributed by atoms with van der Waals surface area (Å²) in [4.78, 5) is 21.7. The first-order valence-corrected chi connectivity index (χ1v) is 8.80. The fourth-order valence-electron chi connectivity index (χ4n) is 2.90. The summed E-state index contributed by atoms with van der Waals surface area (Å²) in [5, 5.41) is 10.9. The van der Waals surface area contributed by atoms with E-state index in [0.29, 0.717) is 22.7 Å². The number of anilines is 1. The summed E-state index contributed by atoms with van der Waals surface area (Å²) < 4.78 is 12.2. The summed E-state index contributed by atoms with van der Waals surface area (Å²) >= 11 is 0. The van der Waals surface area contributed by atoms with E-state index in [1.165, 1.54) is 7.11 Å². The zero-order valence-corrected chi connectivity index (χ0v) is 16.1. The molecule has 1 N–H and O–H groups in total. The number of methoxy groups -OCH3 is 1. The molecule has 1 amide bonds. The van der Waals surface area contributed by atoms with Crippen molar-refractivity contribution in [3.8, 4) is 28.4 Å². The molecule has 0 aliphatic rings. The Morgan fingerprint density at radius 2 is 1.97 bits per heavy atom. The van der Waals surface area contributed by atoms with Gasteiger partial charge >= 0.3 is 0 Å². The molecule has 0 radical (unpaired) electrons. The van der Waals surface area contributed by atoms with Crippen molar-refractivity contribution in [2.45, 2.75) is 6.92 Å². The maximum absolute atomic E-state index is 13.0. The molecule has 0 atom stereocenters. The van der Waals surface area contributed by atoms with Crippen LogP contribution >= 0.6 is 0 Å². The molecule has 0 aliphatic carbocycles. The van der Waals surface area contributed by atoms with E-state index in [4.69, 9.17) is 9.26 Å². The third kappa shape index (κ3) is 3.57. The Morgan fingerprint density at radius 1 is 1.17 bits per heavy atom. The van der Waals surface area contributed by atoms with Gasteiger partial charge < -0.3 is 14.6 Å². The minimum atomic E-state index is -0.413. The van der Waals surface area contributed by atoms with Crippen LogP contribution in [0.15, 0.2) is 53.4 Å². The largest absolute Gasteiger partial charge is 0.478 e. The number of nitrogens with one attached hydrogen (secondary N) is 1. The number of amides is 1. The van der Waals surface area contributed by atoms with Crippen LogP contribution in [0.3, 0.4) is 0 Å². The average Bonchev–Trinajstić information content (AvgIpc) is 3.34. The van der Waals surface area contributed by atoms with E-state index in [1.54, 1.807) is 24.0 Å². The molecule has 3 aromatic heterocycles. The zero-order chi connectivity index (χ0) is 20.4. The lowest BCUT2D eigenvalue weighted by Gasteiger charge is -2.09. The number of aryl methyl sites for hydroxylation is 2. The number of nitrogens with zero attached hydrogens (tertiary/aromatic N) is 5. The number of ether oxygens (including phenoxy) is 1. The van der Waals surface area contributed by atoms with Crippen LogP contribution in [0.5, 0.6) is 5.88 Å². The first-order chi connectivity index (χ1) is 14.1. The smallest absolute Gasteiger partial charge is 0.262 e. The molecule has 4 aromatic rings. The van der Waals surface area contributed by atoms with E-state index in [1.807, 2.05) is 43.6 Å². The maximum Gasteiger partial charge on any atom is 0.262 e. The predicted molar refractivity (Wildman–Crippen MR) is 105 cm³/mol. The maximum atomic E-state index is 13.0. The molecule has 0 saturated heterocycles. The average molecular weight is 390 g/mol. The summed E-state index contributed by atoms with van der Waals surface area (Å²) in [5.74, 6) is 0.379. The third-order valence-electron chi connectivity index (χ3n) is 4.30. The number of rotatable bonds is 5. The second-order valence-electron chi connectivity index (χ2n) is 6.30. The molecule has 4 rings (SSSR count). The summed E-state index contributed by atoms with van der Waals surface area (Å²) in [5.41, 5.74) is 2.94. The lowest BCUT2D eigenvalue weighted by molar-refractivity contribution is 0.102. The first kappa shape index (κ1) is 18.4. The van der Waals surface area contributed by atoms with Crippen molar-refractivity contribution in [2.75, 3.05) is 12.4 Å². The van der Waals surface area contributed by atoms with Gasteiger partial charge in [0.2, 0.25) is 0 Å².